The first-order chi connectivity index (χ1) is 14.6. The molecule has 0 spiro atoms. The highest BCUT2D eigenvalue weighted by Crippen LogP contribution is 2.33. The molecule has 1 N–H and O–H groups in total. The standard InChI is InChI=1S/C21H24N7OS/c1-30(2)8-7-29-15-27-6-3-18-19(16(9-23)10-25-20(18)27)17-11-26-28(12-17)21(4-5-22)13-24-14-21/h3,6,10-12,24H,4,7-8,13-15H2,1-2H3/q+1. The van der Waals surface area contributed by atoms with Crippen molar-refractivity contribution in [3.8, 4) is 23.3 Å². The van der Waals surface area contributed by atoms with Gasteiger partial charge in [-0.25, -0.2) is 4.98 Å². The van der Waals surface area contributed by atoms with Crippen molar-refractivity contribution in [2.24, 2.45) is 0 Å². The quantitative estimate of drug-likeness (QED) is 0.439. The summed E-state index contributed by atoms with van der Waals surface area (Å²) in [5.41, 5.74) is 2.63. The molecule has 3 aromatic rings. The van der Waals surface area contributed by atoms with E-state index in [0.717, 1.165) is 27.9 Å². The van der Waals surface area contributed by atoms with E-state index in [1.54, 1.807) is 12.4 Å². The molecule has 1 fully saturated rings. The summed E-state index contributed by atoms with van der Waals surface area (Å²) in [6, 6.07) is 6.49. The van der Waals surface area contributed by atoms with Crippen molar-refractivity contribution in [3.63, 3.8) is 0 Å². The summed E-state index contributed by atoms with van der Waals surface area (Å²) in [6.07, 6.45) is 12.0. The van der Waals surface area contributed by atoms with Gasteiger partial charge >= 0.3 is 0 Å². The van der Waals surface area contributed by atoms with Crippen LogP contribution in [0.15, 0.2) is 30.9 Å². The molecule has 1 aliphatic heterocycles. The van der Waals surface area contributed by atoms with Crippen LogP contribution in [0.2, 0.25) is 0 Å². The number of nitriles is 2. The lowest BCUT2D eigenvalue weighted by Crippen LogP contribution is -2.60. The van der Waals surface area contributed by atoms with Gasteiger partial charge in [0.15, 0.2) is 0 Å². The molecule has 0 amide bonds. The van der Waals surface area contributed by atoms with Crippen LogP contribution >= 0.6 is 0 Å². The number of hydrogen-bond acceptors (Lipinski definition) is 6. The van der Waals surface area contributed by atoms with Crippen molar-refractivity contribution < 1.29 is 4.74 Å². The Morgan fingerprint density at radius 3 is 2.80 bits per heavy atom. The maximum absolute atomic E-state index is 9.68. The number of aromatic nitrogens is 4. The molecule has 3 aromatic heterocycles. The largest absolute Gasteiger partial charge is 0.356 e. The fourth-order valence-corrected chi connectivity index (χ4v) is 4.12. The maximum Gasteiger partial charge on any atom is 0.142 e. The van der Waals surface area contributed by atoms with Gasteiger partial charge in [0.05, 0.1) is 43.4 Å². The number of nitrogens with zero attached hydrogens (tertiary/aromatic N) is 6. The van der Waals surface area contributed by atoms with Crippen molar-refractivity contribution in [3.05, 3.63) is 36.4 Å². The van der Waals surface area contributed by atoms with Crippen molar-refractivity contribution in [2.75, 3.05) is 38.0 Å². The average molecular weight is 423 g/mol. The molecule has 0 radical (unpaired) electrons. The third-order valence-electron chi connectivity index (χ3n) is 5.45. The molecule has 0 atom stereocenters. The molecule has 4 rings (SSSR count). The van der Waals surface area contributed by atoms with Crippen LogP contribution in [-0.2, 0) is 27.9 Å². The monoisotopic (exact) mass is 422 g/mol. The molecular formula is C21H24N7OS+. The third kappa shape index (κ3) is 3.68. The van der Waals surface area contributed by atoms with Crippen molar-refractivity contribution in [2.45, 2.75) is 18.7 Å². The van der Waals surface area contributed by atoms with E-state index in [2.05, 4.69) is 40.0 Å². The summed E-state index contributed by atoms with van der Waals surface area (Å²) in [5, 5.41) is 27.6. The highest BCUT2D eigenvalue weighted by Gasteiger charge is 2.39. The molecule has 0 aromatic carbocycles. The van der Waals surface area contributed by atoms with E-state index in [1.165, 1.54) is 0 Å². The minimum Gasteiger partial charge on any atom is -0.356 e. The lowest BCUT2D eigenvalue weighted by Gasteiger charge is -2.41. The topological polar surface area (TPSA) is 104 Å². The highest BCUT2D eigenvalue weighted by molar-refractivity contribution is 7.95. The highest BCUT2D eigenvalue weighted by atomic mass is 32.2. The van der Waals surface area contributed by atoms with Crippen molar-refractivity contribution in [1.82, 2.24) is 24.6 Å². The molecule has 1 aliphatic rings. The van der Waals surface area contributed by atoms with Gasteiger partial charge in [0.2, 0.25) is 0 Å². The Hall–Kier alpha value is -2.85. The second kappa shape index (κ2) is 8.49. The zero-order valence-electron chi connectivity index (χ0n) is 17.1. The summed E-state index contributed by atoms with van der Waals surface area (Å²) in [4.78, 5) is 4.51. The lowest BCUT2D eigenvalue weighted by atomic mass is 9.89. The van der Waals surface area contributed by atoms with E-state index in [-0.39, 0.29) is 5.54 Å². The summed E-state index contributed by atoms with van der Waals surface area (Å²) in [6.45, 7) is 2.56. The Labute approximate surface area is 178 Å². The molecule has 8 nitrogen and oxygen atoms in total. The van der Waals surface area contributed by atoms with E-state index in [1.807, 2.05) is 27.7 Å². The average Bonchev–Trinajstić information content (AvgIpc) is 3.34. The molecule has 154 valence electrons. The van der Waals surface area contributed by atoms with Gasteiger partial charge in [0, 0.05) is 48.2 Å². The SMILES string of the molecule is C[S+](C)CCOCn1ccc2c(-c3cnn(C4(CC#N)CNC4)c3)c(C#N)cnc21. The molecule has 4 heterocycles. The number of rotatable bonds is 8. The minimum absolute atomic E-state index is 0.317. The van der Waals surface area contributed by atoms with Gasteiger partial charge in [0.25, 0.3) is 0 Å². The first-order valence-corrected chi connectivity index (χ1v) is 11.9. The first-order valence-electron chi connectivity index (χ1n) is 9.71. The lowest BCUT2D eigenvalue weighted by molar-refractivity contribution is 0.0924. The van der Waals surface area contributed by atoms with E-state index >= 15 is 0 Å². The van der Waals surface area contributed by atoms with Crippen LogP contribution in [0.4, 0.5) is 0 Å². The Morgan fingerprint density at radius 2 is 2.13 bits per heavy atom. The van der Waals surface area contributed by atoms with E-state index in [0.29, 0.717) is 49.3 Å². The normalized spacial score (nSPS) is 15.1. The van der Waals surface area contributed by atoms with Crippen LogP contribution in [0.3, 0.4) is 0 Å². The maximum atomic E-state index is 9.68. The van der Waals surface area contributed by atoms with Crippen LogP contribution in [0.25, 0.3) is 22.2 Å². The number of hydrogen-bond donors (Lipinski definition) is 1. The van der Waals surface area contributed by atoms with Gasteiger partial charge in [-0.15, -0.1) is 0 Å². The zero-order chi connectivity index (χ0) is 21.1. The summed E-state index contributed by atoms with van der Waals surface area (Å²) in [7, 11) is 0.353. The van der Waals surface area contributed by atoms with E-state index < -0.39 is 0 Å². The predicted molar refractivity (Wildman–Crippen MR) is 117 cm³/mol. The van der Waals surface area contributed by atoms with E-state index in [4.69, 9.17) is 4.74 Å². The van der Waals surface area contributed by atoms with Crippen LogP contribution in [0.5, 0.6) is 0 Å². The van der Waals surface area contributed by atoms with Crippen LogP contribution in [0, 0.1) is 22.7 Å². The predicted octanol–water partition coefficient (Wildman–Crippen LogP) is 1.84. The second-order valence-corrected chi connectivity index (χ2v) is 10.1. The number of pyridine rings is 1. The number of nitrogens with one attached hydrogen (secondary N) is 1. The minimum atomic E-state index is -0.317. The summed E-state index contributed by atoms with van der Waals surface area (Å²) < 4.78 is 9.63. The van der Waals surface area contributed by atoms with Gasteiger partial charge < -0.3 is 14.6 Å². The molecule has 0 aliphatic carbocycles. The third-order valence-corrected chi connectivity index (χ3v) is 6.43. The van der Waals surface area contributed by atoms with Crippen LogP contribution < -0.4 is 5.32 Å². The zero-order valence-corrected chi connectivity index (χ0v) is 17.9. The van der Waals surface area contributed by atoms with Crippen molar-refractivity contribution >= 4 is 21.9 Å². The summed E-state index contributed by atoms with van der Waals surface area (Å²) >= 11 is 0. The van der Waals surface area contributed by atoms with Crippen LogP contribution in [-0.4, -0.2) is 57.3 Å². The van der Waals surface area contributed by atoms with Crippen molar-refractivity contribution in [1.29, 1.82) is 10.5 Å². The summed E-state index contributed by atoms with van der Waals surface area (Å²) in [5.74, 6) is 1.04. The molecule has 0 bridgehead atoms. The molecule has 0 unspecified atom stereocenters. The first kappa shape index (κ1) is 20.4. The van der Waals surface area contributed by atoms with Gasteiger partial charge in [-0.2, -0.15) is 15.6 Å². The second-order valence-electron chi connectivity index (χ2n) is 7.74. The fraction of sp³-hybridized carbons (Fsp3) is 0.429. The van der Waals surface area contributed by atoms with Gasteiger partial charge in [-0.3, -0.25) is 4.68 Å². The smallest absolute Gasteiger partial charge is 0.142 e. The fourth-order valence-electron chi connectivity index (χ4n) is 3.67. The molecule has 30 heavy (non-hydrogen) atoms. The Morgan fingerprint density at radius 1 is 1.30 bits per heavy atom. The Kier molecular flexibility index (Phi) is 5.78. The van der Waals surface area contributed by atoms with Gasteiger partial charge in [-0.1, -0.05) is 0 Å². The van der Waals surface area contributed by atoms with E-state index in [9.17, 15) is 10.5 Å². The number of fused-ring (bicyclic) bond motifs is 1. The Bertz CT molecular complexity index is 1130. The van der Waals surface area contributed by atoms with Gasteiger partial charge in [0.1, 0.15) is 29.7 Å². The number of ether oxygens (including phenoxy) is 1. The molecule has 1 saturated heterocycles. The Balaban J connectivity index is 1.67. The van der Waals surface area contributed by atoms with Gasteiger partial charge in [-0.05, 0) is 17.0 Å². The molecule has 9 heteroatoms. The van der Waals surface area contributed by atoms with Crippen LogP contribution in [0.1, 0.15) is 12.0 Å². The molecular weight excluding hydrogens is 398 g/mol. The molecule has 0 saturated carbocycles.